The fourth-order valence-electron chi connectivity index (χ4n) is 2.93. The van der Waals surface area contributed by atoms with E-state index >= 15 is 0 Å². The highest BCUT2D eigenvalue weighted by molar-refractivity contribution is 7.46. The first-order valence-electron chi connectivity index (χ1n) is 7.84. The number of hydrogen-bond donors (Lipinski definition) is 9. The highest BCUT2D eigenvalue weighted by Crippen LogP contribution is 2.36. The number of aliphatic hydroxyl groups is 6. The number of ether oxygens (including phenoxy) is 1. The number of phosphoric acid groups is 1. The maximum atomic E-state index is 10.7. The fourth-order valence-corrected chi connectivity index (χ4v) is 3.27. The lowest BCUT2D eigenvalue weighted by Gasteiger charge is -2.41. The number of aliphatic hydroxyl groups excluding tert-OH is 6. The van der Waals surface area contributed by atoms with Gasteiger partial charge in [0.15, 0.2) is 0 Å². The van der Waals surface area contributed by atoms with Gasteiger partial charge < -0.3 is 50.5 Å². The second kappa shape index (κ2) is 8.69. The Balaban J connectivity index is 2.00. The second-order valence-corrected chi connectivity index (χ2v) is 7.50. The van der Waals surface area contributed by atoms with Crippen molar-refractivity contribution < 1.29 is 54.3 Å². The molecule has 0 radical (unpaired) electrons. The molecule has 152 valence electrons. The summed E-state index contributed by atoms with van der Waals surface area (Å²) in [5.41, 5.74) is 0.0833. The summed E-state index contributed by atoms with van der Waals surface area (Å²) in [5.74, 6) is 0. The SMILES string of the molecule is O=P(O)(O)OC[C@H]1OC[C@H](N[C@H]2C=C(CO)[C@@H](O)[C@H](O)[C@H]2O)[C@@H](O)[C@@H]1O. The molecule has 1 aliphatic heterocycles. The van der Waals surface area contributed by atoms with E-state index in [1.165, 1.54) is 6.08 Å². The van der Waals surface area contributed by atoms with Crippen molar-refractivity contribution in [2.24, 2.45) is 0 Å². The van der Waals surface area contributed by atoms with Crippen LogP contribution in [0, 0.1) is 0 Å². The normalized spacial score (nSPS) is 41.8. The third-order valence-electron chi connectivity index (χ3n) is 4.44. The zero-order valence-electron chi connectivity index (χ0n) is 13.6. The van der Waals surface area contributed by atoms with Gasteiger partial charge in [0.05, 0.1) is 31.9 Å². The molecule has 0 aromatic carbocycles. The molecule has 0 amide bonds. The van der Waals surface area contributed by atoms with E-state index in [9.17, 15) is 35.2 Å². The summed E-state index contributed by atoms with van der Waals surface area (Å²) in [7, 11) is -4.76. The van der Waals surface area contributed by atoms with Gasteiger partial charge in [-0.2, -0.15) is 0 Å². The van der Waals surface area contributed by atoms with Crippen LogP contribution in [0.2, 0.25) is 0 Å². The zero-order chi connectivity index (χ0) is 19.6. The summed E-state index contributed by atoms with van der Waals surface area (Å²) in [6, 6.07) is -1.86. The third kappa shape index (κ3) is 5.07. The average molecular weight is 401 g/mol. The quantitative estimate of drug-likeness (QED) is 0.152. The number of nitrogens with one attached hydrogen (secondary N) is 1. The molecule has 0 saturated carbocycles. The van der Waals surface area contributed by atoms with Gasteiger partial charge in [0.2, 0.25) is 0 Å². The lowest BCUT2D eigenvalue weighted by atomic mass is 9.87. The lowest BCUT2D eigenvalue weighted by molar-refractivity contribution is -0.163. The van der Waals surface area contributed by atoms with Crippen LogP contribution in [0.3, 0.4) is 0 Å². The smallest absolute Gasteiger partial charge is 0.392 e. The Kier molecular flexibility index (Phi) is 7.30. The summed E-state index contributed by atoms with van der Waals surface area (Å²) in [6.45, 7) is -1.38. The average Bonchev–Trinajstić information content (AvgIpc) is 2.57. The Morgan fingerprint density at radius 1 is 1.12 bits per heavy atom. The Morgan fingerprint density at radius 2 is 1.77 bits per heavy atom. The number of rotatable bonds is 6. The first-order chi connectivity index (χ1) is 12.0. The van der Waals surface area contributed by atoms with E-state index in [4.69, 9.17) is 14.5 Å². The second-order valence-electron chi connectivity index (χ2n) is 6.26. The summed E-state index contributed by atoms with van der Waals surface area (Å²) in [5, 5.41) is 61.8. The maximum Gasteiger partial charge on any atom is 0.469 e. The van der Waals surface area contributed by atoms with Gasteiger partial charge in [-0.25, -0.2) is 4.57 Å². The highest BCUT2D eigenvalue weighted by Gasteiger charge is 2.43. The summed E-state index contributed by atoms with van der Waals surface area (Å²) in [6.07, 6.45) is -7.27. The minimum Gasteiger partial charge on any atom is -0.392 e. The van der Waals surface area contributed by atoms with Gasteiger partial charge in [0.25, 0.3) is 0 Å². The Labute approximate surface area is 148 Å². The summed E-state index contributed by atoms with van der Waals surface area (Å²) in [4.78, 5) is 17.3. The van der Waals surface area contributed by atoms with Gasteiger partial charge in [0, 0.05) is 0 Å². The topological polar surface area (TPSA) is 209 Å². The van der Waals surface area contributed by atoms with Crippen molar-refractivity contribution in [2.75, 3.05) is 19.8 Å². The van der Waals surface area contributed by atoms with Crippen LogP contribution in [0.25, 0.3) is 0 Å². The van der Waals surface area contributed by atoms with Gasteiger partial charge in [-0.15, -0.1) is 0 Å². The largest absolute Gasteiger partial charge is 0.469 e. The minimum atomic E-state index is -4.76. The molecule has 2 rings (SSSR count). The van der Waals surface area contributed by atoms with Crippen molar-refractivity contribution >= 4 is 7.82 Å². The molecule has 8 atom stereocenters. The lowest BCUT2D eigenvalue weighted by Crippen LogP contribution is -2.64. The minimum absolute atomic E-state index is 0.0833. The molecular formula is C13H24NO11P. The molecule has 1 heterocycles. The van der Waals surface area contributed by atoms with E-state index in [2.05, 4.69) is 9.84 Å². The number of hydrogen-bond acceptors (Lipinski definition) is 10. The van der Waals surface area contributed by atoms with Crippen LogP contribution >= 0.6 is 7.82 Å². The van der Waals surface area contributed by atoms with Crippen molar-refractivity contribution in [1.29, 1.82) is 0 Å². The molecule has 0 aromatic rings. The van der Waals surface area contributed by atoms with Crippen molar-refractivity contribution in [3.8, 4) is 0 Å². The highest BCUT2D eigenvalue weighted by atomic mass is 31.2. The zero-order valence-corrected chi connectivity index (χ0v) is 14.5. The predicted octanol–water partition coefficient (Wildman–Crippen LogP) is -4.44. The van der Waals surface area contributed by atoms with Crippen LogP contribution in [-0.2, 0) is 13.8 Å². The van der Waals surface area contributed by atoms with Gasteiger partial charge in [-0.1, -0.05) is 6.08 Å². The van der Waals surface area contributed by atoms with E-state index in [1.807, 2.05) is 0 Å². The molecule has 26 heavy (non-hydrogen) atoms. The van der Waals surface area contributed by atoms with Crippen molar-refractivity contribution in [3.05, 3.63) is 11.6 Å². The molecule has 9 N–H and O–H groups in total. The standard InChI is InChI=1S/C13H24NO11P/c15-2-5-1-6(10(17)13(20)9(5)16)14-7-3-24-8(12(19)11(7)18)4-25-26(21,22)23/h1,6-20H,2-4H2,(H2,21,22,23)/t6-,7-,8+,9+,10-,11+,12+,13-/m0/s1. The Bertz CT molecular complexity index is 554. The summed E-state index contributed by atoms with van der Waals surface area (Å²) < 4.78 is 20.2. The van der Waals surface area contributed by atoms with Crippen LogP contribution in [0.5, 0.6) is 0 Å². The van der Waals surface area contributed by atoms with E-state index in [0.29, 0.717) is 0 Å². The molecule has 13 heteroatoms. The Morgan fingerprint density at radius 3 is 2.35 bits per heavy atom. The van der Waals surface area contributed by atoms with Crippen LogP contribution in [0.4, 0.5) is 0 Å². The van der Waals surface area contributed by atoms with E-state index < -0.39 is 69.7 Å². The van der Waals surface area contributed by atoms with Gasteiger partial charge in [-0.3, -0.25) is 4.52 Å². The molecule has 1 aliphatic carbocycles. The molecule has 0 unspecified atom stereocenters. The van der Waals surface area contributed by atoms with Gasteiger partial charge in [-0.05, 0) is 5.57 Å². The van der Waals surface area contributed by atoms with Crippen molar-refractivity contribution in [3.63, 3.8) is 0 Å². The molecular weight excluding hydrogens is 377 g/mol. The molecule has 0 aromatic heterocycles. The molecule has 1 fully saturated rings. The molecule has 2 aliphatic rings. The van der Waals surface area contributed by atoms with Crippen LogP contribution < -0.4 is 5.32 Å². The molecule has 0 spiro atoms. The molecule has 0 bridgehead atoms. The van der Waals surface area contributed by atoms with Gasteiger partial charge >= 0.3 is 7.82 Å². The van der Waals surface area contributed by atoms with Crippen LogP contribution in [0.1, 0.15) is 0 Å². The van der Waals surface area contributed by atoms with E-state index in [0.717, 1.165) is 0 Å². The maximum absolute atomic E-state index is 10.7. The Hall–Kier alpha value is -0.470. The van der Waals surface area contributed by atoms with Crippen molar-refractivity contribution in [2.45, 2.75) is 48.7 Å². The van der Waals surface area contributed by atoms with Crippen molar-refractivity contribution in [1.82, 2.24) is 5.32 Å². The fraction of sp³-hybridized carbons (Fsp3) is 0.846. The van der Waals surface area contributed by atoms with Crippen LogP contribution in [0.15, 0.2) is 11.6 Å². The third-order valence-corrected chi connectivity index (χ3v) is 4.93. The first kappa shape index (κ1) is 21.8. The van der Waals surface area contributed by atoms with E-state index in [1.54, 1.807) is 0 Å². The van der Waals surface area contributed by atoms with E-state index in [-0.39, 0.29) is 12.2 Å². The monoisotopic (exact) mass is 401 g/mol. The molecule has 1 saturated heterocycles. The first-order valence-corrected chi connectivity index (χ1v) is 9.37. The number of phosphoric ester groups is 1. The van der Waals surface area contributed by atoms with Gasteiger partial charge in [0.1, 0.15) is 36.6 Å². The predicted molar refractivity (Wildman–Crippen MR) is 83.7 cm³/mol. The van der Waals surface area contributed by atoms with Crippen LogP contribution in [-0.4, -0.2) is 109 Å². The summed E-state index contributed by atoms with van der Waals surface area (Å²) >= 11 is 0. The molecule has 12 nitrogen and oxygen atoms in total.